The van der Waals surface area contributed by atoms with E-state index in [2.05, 4.69) is 4.74 Å². The van der Waals surface area contributed by atoms with Crippen LogP contribution in [0.1, 0.15) is 0 Å². The number of nitrogens with one attached hydrogen (secondary N) is 1. The van der Waals surface area contributed by atoms with Crippen LogP contribution in [-0.4, -0.2) is 24.3 Å². The third kappa shape index (κ3) is 1.41. The molecule has 0 aromatic heterocycles. The van der Waals surface area contributed by atoms with Gasteiger partial charge in [-0.15, -0.1) is 0 Å². The molecule has 10 heteroatoms. The molecule has 84 valence electrons. The average molecular weight is 231 g/mol. The van der Waals surface area contributed by atoms with Gasteiger partial charge >= 0.3 is 24.3 Å². The fraction of sp³-hybridized carbons (Fsp3) is 1.00. The van der Waals surface area contributed by atoms with Crippen LogP contribution in [0.2, 0.25) is 0 Å². The second kappa shape index (κ2) is 2.48. The highest BCUT2D eigenvalue weighted by atomic mass is 19.3. The van der Waals surface area contributed by atoms with Crippen LogP contribution >= 0.6 is 0 Å². The molecule has 0 radical (unpaired) electrons. The first-order valence-electron chi connectivity index (χ1n) is 2.92. The van der Waals surface area contributed by atoms with Gasteiger partial charge in [0.15, 0.2) is 0 Å². The van der Waals surface area contributed by atoms with E-state index in [-0.39, 0.29) is 0 Å². The fourth-order valence-electron chi connectivity index (χ4n) is 0.632. The second-order valence-corrected chi connectivity index (χ2v) is 2.41. The van der Waals surface area contributed by atoms with Crippen molar-refractivity contribution < 1.29 is 39.9 Å². The molecule has 1 N–H and O–H groups in total. The summed E-state index contributed by atoms with van der Waals surface area (Å²) in [6.45, 7) is 0. The van der Waals surface area contributed by atoms with Crippen molar-refractivity contribution in [3.63, 3.8) is 0 Å². The molecule has 0 atom stereocenters. The van der Waals surface area contributed by atoms with E-state index >= 15 is 0 Å². The number of halogens is 8. The molecule has 0 bridgehead atoms. The zero-order valence-corrected chi connectivity index (χ0v) is 5.93. The second-order valence-electron chi connectivity index (χ2n) is 2.41. The van der Waals surface area contributed by atoms with Gasteiger partial charge < -0.3 is 0 Å². The molecule has 0 aromatic carbocycles. The molecular weight excluding hydrogens is 230 g/mol. The lowest BCUT2D eigenvalue weighted by atomic mass is 10.3. The Kier molecular flexibility index (Phi) is 2.03. The van der Waals surface area contributed by atoms with E-state index < -0.39 is 29.6 Å². The molecule has 1 aliphatic rings. The van der Waals surface area contributed by atoms with Crippen molar-refractivity contribution in [2.45, 2.75) is 24.3 Å². The van der Waals surface area contributed by atoms with Crippen LogP contribution in [0.5, 0.6) is 0 Å². The first-order valence-corrected chi connectivity index (χ1v) is 2.92. The fourth-order valence-corrected chi connectivity index (χ4v) is 0.632. The van der Waals surface area contributed by atoms with Crippen LogP contribution in [0.4, 0.5) is 35.1 Å². The average Bonchev–Trinajstić information content (AvgIpc) is 1.78. The molecule has 0 amide bonds. The maximum Gasteiger partial charge on any atom is 0.439 e. The van der Waals surface area contributed by atoms with Gasteiger partial charge in [-0.25, -0.2) is 4.74 Å². The molecule has 0 aromatic rings. The minimum Gasteiger partial charge on any atom is -0.243 e. The van der Waals surface area contributed by atoms with Crippen LogP contribution in [0, 0.1) is 0 Å². The van der Waals surface area contributed by atoms with Crippen molar-refractivity contribution in [3.05, 3.63) is 0 Å². The molecule has 0 unspecified atom stereocenters. The first kappa shape index (κ1) is 11.4. The molecule has 0 aliphatic carbocycles. The Hall–Kier alpha value is -0.640. The summed E-state index contributed by atoms with van der Waals surface area (Å²) in [5.74, 6) is 0. The Balaban J connectivity index is 3.07. The highest BCUT2D eigenvalue weighted by Crippen LogP contribution is 2.49. The third-order valence-corrected chi connectivity index (χ3v) is 1.30. The Morgan fingerprint density at radius 2 is 0.929 bits per heavy atom. The van der Waals surface area contributed by atoms with Gasteiger partial charge in [-0.05, 0) is 0 Å². The van der Waals surface area contributed by atoms with Gasteiger partial charge in [-0.3, -0.25) is 0 Å². The van der Waals surface area contributed by atoms with Crippen molar-refractivity contribution in [1.29, 1.82) is 0 Å². The molecule has 1 aliphatic heterocycles. The number of morpholine rings is 1. The highest BCUT2D eigenvalue weighted by molar-refractivity contribution is 4.90. The summed E-state index contributed by atoms with van der Waals surface area (Å²) in [4.78, 5) is 0. The van der Waals surface area contributed by atoms with E-state index in [1.165, 1.54) is 0 Å². The SMILES string of the molecule is FC1(F)NC(F)(F)C(F)(F)OC1(F)F. The van der Waals surface area contributed by atoms with Gasteiger partial charge in [0.25, 0.3) is 0 Å². The minimum absolute atomic E-state index is 0.479. The Labute approximate surface area is 70.8 Å². The normalized spacial score (nSPS) is 32.6. The van der Waals surface area contributed by atoms with Crippen molar-refractivity contribution in [1.82, 2.24) is 5.32 Å². The quantitative estimate of drug-likeness (QED) is 0.508. The molecule has 0 spiro atoms. The lowest BCUT2D eigenvalue weighted by Gasteiger charge is -2.40. The molecule has 2 nitrogen and oxygen atoms in total. The van der Waals surface area contributed by atoms with Gasteiger partial charge in [0.05, 0.1) is 0 Å². The molecule has 0 saturated carbocycles. The van der Waals surface area contributed by atoms with Crippen LogP contribution in [0.25, 0.3) is 0 Å². The molecule has 1 fully saturated rings. The number of ether oxygens (including phenoxy) is 1. The van der Waals surface area contributed by atoms with E-state index in [9.17, 15) is 35.1 Å². The zero-order chi connectivity index (χ0) is 11.4. The summed E-state index contributed by atoms with van der Waals surface area (Å²) in [5, 5.41) is -0.479. The largest absolute Gasteiger partial charge is 0.439 e. The van der Waals surface area contributed by atoms with E-state index in [0.717, 1.165) is 0 Å². The van der Waals surface area contributed by atoms with Gasteiger partial charge in [0.1, 0.15) is 0 Å². The van der Waals surface area contributed by atoms with Crippen LogP contribution in [0.15, 0.2) is 0 Å². The van der Waals surface area contributed by atoms with Crippen molar-refractivity contribution in [2.75, 3.05) is 0 Å². The Morgan fingerprint density at radius 1 is 0.643 bits per heavy atom. The van der Waals surface area contributed by atoms with Crippen molar-refractivity contribution in [2.24, 2.45) is 0 Å². The van der Waals surface area contributed by atoms with E-state index in [1.54, 1.807) is 0 Å². The predicted octanol–water partition coefficient (Wildman–Crippen LogP) is 1.98. The van der Waals surface area contributed by atoms with Crippen LogP contribution in [0.3, 0.4) is 0 Å². The Morgan fingerprint density at radius 3 is 1.14 bits per heavy atom. The summed E-state index contributed by atoms with van der Waals surface area (Å²) in [6, 6.07) is -11.1. The number of rotatable bonds is 0. The minimum atomic E-state index is -5.71. The molecule has 14 heavy (non-hydrogen) atoms. The van der Waals surface area contributed by atoms with Gasteiger partial charge in [0, 0.05) is 0 Å². The number of hydrogen-bond acceptors (Lipinski definition) is 2. The van der Waals surface area contributed by atoms with Crippen LogP contribution in [-0.2, 0) is 4.74 Å². The van der Waals surface area contributed by atoms with Gasteiger partial charge in [-0.2, -0.15) is 40.4 Å². The topological polar surface area (TPSA) is 21.3 Å². The smallest absolute Gasteiger partial charge is 0.243 e. The van der Waals surface area contributed by atoms with Crippen LogP contribution < -0.4 is 5.32 Å². The van der Waals surface area contributed by atoms with Crippen molar-refractivity contribution in [3.8, 4) is 0 Å². The summed E-state index contributed by atoms with van der Waals surface area (Å²) < 4.78 is 98.0. The summed E-state index contributed by atoms with van der Waals surface area (Å²) >= 11 is 0. The predicted molar refractivity (Wildman–Crippen MR) is 24.0 cm³/mol. The lowest BCUT2D eigenvalue weighted by molar-refractivity contribution is -0.520. The van der Waals surface area contributed by atoms with E-state index in [1.807, 2.05) is 0 Å². The maximum atomic E-state index is 12.0. The summed E-state index contributed by atoms with van der Waals surface area (Å²) in [6.07, 6.45) is -11.4. The summed E-state index contributed by atoms with van der Waals surface area (Å²) in [5.41, 5.74) is 0. The van der Waals surface area contributed by atoms with Crippen molar-refractivity contribution >= 4 is 0 Å². The summed E-state index contributed by atoms with van der Waals surface area (Å²) in [7, 11) is 0. The number of hydrogen-bond donors (Lipinski definition) is 1. The molecule has 1 heterocycles. The monoisotopic (exact) mass is 231 g/mol. The van der Waals surface area contributed by atoms with E-state index in [0.29, 0.717) is 0 Å². The molecule has 1 rings (SSSR count). The number of alkyl halides is 8. The van der Waals surface area contributed by atoms with E-state index in [4.69, 9.17) is 0 Å². The maximum absolute atomic E-state index is 12.0. The highest BCUT2D eigenvalue weighted by Gasteiger charge is 2.78. The Bertz CT molecular complexity index is 200. The standard InChI is InChI=1S/C4HF8NO/c5-1(6)3(9,10)14-4(11,12)2(7,8)13-1/h13H. The molecule has 1 saturated heterocycles. The third-order valence-electron chi connectivity index (χ3n) is 1.30. The molecular formula is C4HF8NO. The zero-order valence-electron chi connectivity index (χ0n) is 5.93. The lowest BCUT2D eigenvalue weighted by Crippen LogP contribution is -2.72. The van der Waals surface area contributed by atoms with Gasteiger partial charge in [0.2, 0.25) is 0 Å². The first-order chi connectivity index (χ1) is 5.91. The van der Waals surface area contributed by atoms with Gasteiger partial charge in [-0.1, -0.05) is 0 Å².